The highest BCUT2D eigenvalue weighted by Gasteiger charge is 2.31. The molecule has 3 fully saturated rings. The summed E-state index contributed by atoms with van der Waals surface area (Å²) in [7, 11) is 0. The molecule has 17 heavy (non-hydrogen) atoms. The maximum Gasteiger partial charge on any atom is 0.317 e. The zero-order valence-corrected chi connectivity index (χ0v) is 10.5. The molecular formula is C13H23N3O. The number of hydrogen-bond acceptors (Lipinski definition) is 2. The van der Waals surface area contributed by atoms with E-state index in [1.54, 1.807) is 0 Å². The molecule has 4 heteroatoms. The van der Waals surface area contributed by atoms with Gasteiger partial charge in [-0.15, -0.1) is 0 Å². The van der Waals surface area contributed by atoms with Crippen molar-refractivity contribution in [2.75, 3.05) is 26.2 Å². The van der Waals surface area contributed by atoms with Gasteiger partial charge in [-0.1, -0.05) is 0 Å². The topological polar surface area (TPSA) is 44.4 Å². The Morgan fingerprint density at radius 1 is 1.06 bits per heavy atom. The summed E-state index contributed by atoms with van der Waals surface area (Å²) in [4.78, 5) is 13.9. The highest BCUT2D eigenvalue weighted by molar-refractivity contribution is 5.74. The van der Waals surface area contributed by atoms with Crippen molar-refractivity contribution in [3.8, 4) is 0 Å². The summed E-state index contributed by atoms with van der Waals surface area (Å²) >= 11 is 0. The van der Waals surface area contributed by atoms with Crippen LogP contribution in [0.5, 0.6) is 0 Å². The van der Waals surface area contributed by atoms with E-state index in [4.69, 9.17) is 0 Å². The Morgan fingerprint density at radius 2 is 1.82 bits per heavy atom. The lowest BCUT2D eigenvalue weighted by atomic mass is 9.84. The number of rotatable bonds is 2. The molecule has 96 valence electrons. The second kappa shape index (κ2) is 4.84. The van der Waals surface area contributed by atoms with Crippen LogP contribution in [0.3, 0.4) is 0 Å². The summed E-state index contributed by atoms with van der Waals surface area (Å²) in [6.07, 6.45) is 6.08. The zero-order chi connectivity index (χ0) is 11.7. The number of piperidine rings is 1. The largest absolute Gasteiger partial charge is 0.335 e. The van der Waals surface area contributed by atoms with Gasteiger partial charge in [0.2, 0.25) is 0 Å². The highest BCUT2D eigenvalue weighted by Crippen LogP contribution is 2.29. The first kappa shape index (κ1) is 11.3. The molecule has 4 nitrogen and oxygen atoms in total. The third-order valence-corrected chi connectivity index (χ3v) is 4.50. The number of urea groups is 1. The van der Waals surface area contributed by atoms with E-state index in [0.29, 0.717) is 6.04 Å². The van der Waals surface area contributed by atoms with Crippen molar-refractivity contribution in [2.24, 2.45) is 11.8 Å². The molecule has 3 rings (SSSR count). The van der Waals surface area contributed by atoms with E-state index in [1.165, 1.54) is 45.2 Å². The van der Waals surface area contributed by atoms with E-state index in [-0.39, 0.29) is 6.03 Å². The van der Waals surface area contributed by atoms with Crippen LogP contribution in [0.2, 0.25) is 0 Å². The molecule has 2 heterocycles. The van der Waals surface area contributed by atoms with Crippen molar-refractivity contribution in [3.05, 3.63) is 0 Å². The minimum Gasteiger partial charge on any atom is -0.335 e. The molecule has 1 saturated carbocycles. The van der Waals surface area contributed by atoms with Crippen LogP contribution in [0.25, 0.3) is 0 Å². The molecule has 3 aliphatic rings. The van der Waals surface area contributed by atoms with Gasteiger partial charge >= 0.3 is 6.03 Å². The van der Waals surface area contributed by atoms with Crippen molar-refractivity contribution >= 4 is 6.03 Å². The molecule has 1 atom stereocenters. The van der Waals surface area contributed by atoms with Crippen LogP contribution in [0.15, 0.2) is 0 Å². The van der Waals surface area contributed by atoms with E-state index in [0.717, 1.165) is 24.9 Å². The van der Waals surface area contributed by atoms with Crippen LogP contribution < -0.4 is 10.6 Å². The van der Waals surface area contributed by atoms with Crippen molar-refractivity contribution in [1.82, 2.24) is 15.5 Å². The molecule has 0 spiro atoms. The van der Waals surface area contributed by atoms with Crippen LogP contribution in [-0.2, 0) is 0 Å². The van der Waals surface area contributed by atoms with Gasteiger partial charge in [-0.2, -0.15) is 0 Å². The quantitative estimate of drug-likeness (QED) is 0.757. The Morgan fingerprint density at radius 3 is 2.41 bits per heavy atom. The lowest BCUT2D eigenvalue weighted by Crippen LogP contribution is -2.46. The maximum atomic E-state index is 11.9. The highest BCUT2D eigenvalue weighted by atomic mass is 16.2. The monoisotopic (exact) mass is 237 g/mol. The first-order valence-electron chi connectivity index (χ1n) is 7.09. The predicted molar refractivity (Wildman–Crippen MR) is 66.8 cm³/mol. The molecule has 0 aromatic heterocycles. The van der Waals surface area contributed by atoms with E-state index in [1.807, 2.05) is 4.90 Å². The summed E-state index contributed by atoms with van der Waals surface area (Å²) < 4.78 is 0. The summed E-state index contributed by atoms with van der Waals surface area (Å²) in [5.41, 5.74) is 0. The third-order valence-electron chi connectivity index (χ3n) is 4.50. The van der Waals surface area contributed by atoms with Gasteiger partial charge in [0.1, 0.15) is 0 Å². The Balaban J connectivity index is 1.44. The Bertz CT molecular complexity index is 276. The molecule has 1 unspecified atom stereocenters. The fraction of sp³-hybridized carbons (Fsp3) is 0.923. The van der Waals surface area contributed by atoms with Crippen LogP contribution >= 0.6 is 0 Å². The van der Waals surface area contributed by atoms with Gasteiger partial charge in [-0.05, 0) is 57.0 Å². The van der Waals surface area contributed by atoms with Gasteiger partial charge in [0.05, 0.1) is 0 Å². The fourth-order valence-electron chi connectivity index (χ4n) is 3.15. The van der Waals surface area contributed by atoms with Crippen LogP contribution in [0.1, 0.15) is 32.1 Å². The Hall–Kier alpha value is -0.770. The van der Waals surface area contributed by atoms with Crippen molar-refractivity contribution in [3.63, 3.8) is 0 Å². The lowest BCUT2D eigenvalue weighted by Gasteiger charge is -2.34. The van der Waals surface area contributed by atoms with E-state index in [9.17, 15) is 4.79 Å². The van der Waals surface area contributed by atoms with Gasteiger partial charge < -0.3 is 15.5 Å². The van der Waals surface area contributed by atoms with Crippen molar-refractivity contribution in [1.29, 1.82) is 0 Å². The predicted octanol–water partition coefficient (Wildman–Crippen LogP) is 1.18. The molecule has 1 aliphatic carbocycles. The molecule has 0 aromatic carbocycles. The smallest absolute Gasteiger partial charge is 0.317 e. The molecular weight excluding hydrogens is 214 g/mol. The number of hydrogen-bond donors (Lipinski definition) is 2. The van der Waals surface area contributed by atoms with Crippen molar-refractivity contribution in [2.45, 2.75) is 38.1 Å². The molecule has 0 radical (unpaired) electrons. The van der Waals surface area contributed by atoms with E-state index < -0.39 is 0 Å². The van der Waals surface area contributed by atoms with E-state index >= 15 is 0 Å². The number of likely N-dealkylation sites (tertiary alicyclic amines) is 1. The first-order chi connectivity index (χ1) is 8.33. The molecule has 2 N–H and O–H groups in total. The van der Waals surface area contributed by atoms with Crippen LogP contribution in [0, 0.1) is 11.8 Å². The number of amides is 2. The van der Waals surface area contributed by atoms with Gasteiger partial charge in [0, 0.05) is 19.1 Å². The number of carbonyl (C=O) groups excluding carboxylic acids is 1. The Kier molecular flexibility index (Phi) is 3.23. The Labute approximate surface area is 103 Å². The summed E-state index contributed by atoms with van der Waals surface area (Å²) in [5, 5.41) is 6.53. The third kappa shape index (κ3) is 2.73. The average Bonchev–Trinajstić information content (AvgIpc) is 3.00. The van der Waals surface area contributed by atoms with Gasteiger partial charge in [0.15, 0.2) is 0 Å². The fourth-order valence-corrected chi connectivity index (χ4v) is 3.15. The second-order valence-electron chi connectivity index (χ2n) is 5.80. The SMILES string of the molecule is O=C(NC1CC1)N1CCC(C2CCNC2)CC1. The van der Waals surface area contributed by atoms with E-state index in [2.05, 4.69) is 10.6 Å². The normalized spacial score (nSPS) is 30.6. The maximum absolute atomic E-state index is 11.9. The first-order valence-corrected chi connectivity index (χ1v) is 7.09. The standard InChI is InChI=1S/C13H23N3O/c17-13(15-12-1-2-12)16-7-4-10(5-8-16)11-3-6-14-9-11/h10-12,14H,1-9H2,(H,15,17). The van der Waals surface area contributed by atoms with Crippen LogP contribution in [-0.4, -0.2) is 43.2 Å². The summed E-state index contributed by atoms with van der Waals surface area (Å²) in [6.45, 7) is 4.30. The van der Waals surface area contributed by atoms with Gasteiger partial charge in [0.25, 0.3) is 0 Å². The minimum absolute atomic E-state index is 0.176. The average molecular weight is 237 g/mol. The minimum atomic E-state index is 0.176. The van der Waals surface area contributed by atoms with Gasteiger partial charge in [-0.25, -0.2) is 4.79 Å². The van der Waals surface area contributed by atoms with Crippen LogP contribution in [0.4, 0.5) is 4.79 Å². The summed E-state index contributed by atoms with van der Waals surface area (Å²) in [5.74, 6) is 1.71. The zero-order valence-electron chi connectivity index (χ0n) is 10.5. The van der Waals surface area contributed by atoms with Gasteiger partial charge in [-0.3, -0.25) is 0 Å². The lowest BCUT2D eigenvalue weighted by molar-refractivity contribution is 0.153. The summed E-state index contributed by atoms with van der Waals surface area (Å²) in [6, 6.07) is 0.662. The number of nitrogens with one attached hydrogen (secondary N) is 2. The molecule has 2 amide bonds. The molecule has 2 aliphatic heterocycles. The number of nitrogens with zero attached hydrogens (tertiary/aromatic N) is 1. The molecule has 0 bridgehead atoms. The second-order valence-corrected chi connectivity index (χ2v) is 5.80. The molecule has 2 saturated heterocycles. The van der Waals surface area contributed by atoms with Crippen molar-refractivity contribution < 1.29 is 4.79 Å². The molecule has 0 aromatic rings. The number of carbonyl (C=O) groups is 1.